The lowest BCUT2D eigenvalue weighted by atomic mass is 9.93. The molecule has 0 aliphatic carbocycles. The minimum absolute atomic E-state index is 0.208. The van der Waals surface area contributed by atoms with Crippen LogP contribution in [0.15, 0.2) is 146 Å². The molecule has 0 aromatic heterocycles. The van der Waals surface area contributed by atoms with Gasteiger partial charge in [-0.05, 0) is 189 Å². The monoisotopic (exact) mass is 1290 g/mol. The molecule has 0 radical (unpaired) electrons. The number of carbonyl (C=O) groups is 4. The molecule has 18 heteroatoms. The minimum atomic E-state index is -3.38. The molecule has 2 heterocycles. The molecule has 2 aliphatic heterocycles. The van der Waals surface area contributed by atoms with Crippen LogP contribution in [0.25, 0.3) is 22.3 Å². The van der Waals surface area contributed by atoms with E-state index in [1.165, 1.54) is 24.0 Å². The number of ether oxygens (including phenoxy) is 2. The van der Waals surface area contributed by atoms with E-state index in [-0.39, 0.29) is 18.1 Å². The maximum Gasteiger partial charge on any atom is 0.326 e. The maximum atomic E-state index is 13.4. The van der Waals surface area contributed by atoms with E-state index >= 15 is 0 Å². The first kappa shape index (κ1) is 77.3. The van der Waals surface area contributed by atoms with Crippen molar-refractivity contribution in [3.8, 4) is 22.3 Å². The standard InChI is InChI=1S/C33H40N2O6S.C24H30N2O3S.C8H10O.2C2H6S.C2H6/c1-24-10-6-7-14-28(24)30-20-26(15-16-29(30)32(36)34-31(33(37)38)17-19-42(2,39)40)21-35-18-9-8-13-27(35)23-41-22-25-11-4-3-5-12-25;1-17-7-3-4-8-19(17)21-15-18(16-26-12-5-6-13-26)9-10-20(21)23(27)25-22(24(28)29)11-14-30-2;1-9-7-8-5-3-2-4-6-8;2*1-3-2;1-2/h3-7,10-12,14-16,20,27,31H,8-9,13,17-19,21-23H2,1-2H3,(H,34,36)(H,37,38);3-4,7-10,15,22H,5-6,11-14,16H2,1-2H3,(H,25,27)(H,28,29);2-6H,7H2,1H3;2*1-2H3;1-2H3. The molecule has 4 N–H and O–H groups in total. The molecule has 486 valence electrons. The number of nitrogens with one attached hydrogen (secondary N) is 2. The van der Waals surface area contributed by atoms with Gasteiger partial charge in [-0.15, -0.1) is 0 Å². The number of hydrogen-bond acceptors (Lipinski definition) is 13. The van der Waals surface area contributed by atoms with Crippen molar-refractivity contribution >= 4 is 68.9 Å². The van der Waals surface area contributed by atoms with E-state index in [4.69, 9.17) is 9.47 Å². The number of piperidine rings is 1. The van der Waals surface area contributed by atoms with Gasteiger partial charge in [-0.1, -0.05) is 142 Å². The molecule has 14 nitrogen and oxygen atoms in total. The summed E-state index contributed by atoms with van der Waals surface area (Å²) in [6, 6.07) is 45.7. The molecule has 2 aliphatic rings. The molecule has 3 atom stereocenters. The molecule has 0 saturated carbocycles. The van der Waals surface area contributed by atoms with E-state index < -0.39 is 39.8 Å². The summed E-state index contributed by atoms with van der Waals surface area (Å²) < 4.78 is 34.3. The molecule has 6 aromatic rings. The zero-order chi connectivity index (χ0) is 65.6. The van der Waals surface area contributed by atoms with E-state index in [1.807, 2.05) is 180 Å². The Kier molecular flexibility index (Phi) is 37.9. The van der Waals surface area contributed by atoms with E-state index in [0.29, 0.717) is 61.3 Å². The van der Waals surface area contributed by atoms with Crippen LogP contribution < -0.4 is 10.6 Å². The molecule has 2 fully saturated rings. The molecule has 0 spiro atoms. The molecule has 6 aromatic carbocycles. The van der Waals surface area contributed by atoms with E-state index in [1.54, 1.807) is 48.5 Å². The van der Waals surface area contributed by atoms with Crippen LogP contribution in [-0.4, -0.2) is 153 Å². The molecule has 89 heavy (non-hydrogen) atoms. The third-order valence-electron chi connectivity index (χ3n) is 14.4. The average Bonchev–Trinajstić information content (AvgIpc) is 1.84. The molecule has 2 amide bonds. The lowest BCUT2D eigenvalue weighted by Crippen LogP contribution is -2.42. The predicted octanol–water partition coefficient (Wildman–Crippen LogP) is 13.9. The van der Waals surface area contributed by atoms with Crippen LogP contribution in [0.1, 0.15) is 113 Å². The van der Waals surface area contributed by atoms with Gasteiger partial charge < -0.3 is 30.3 Å². The number of hydrogen-bond donors (Lipinski definition) is 4. The van der Waals surface area contributed by atoms with Crippen molar-refractivity contribution in [1.82, 2.24) is 20.4 Å². The lowest BCUT2D eigenvalue weighted by Gasteiger charge is -2.35. The number of thioether (sulfide) groups is 3. The summed E-state index contributed by atoms with van der Waals surface area (Å²) in [4.78, 5) is 54.8. The smallest absolute Gasteiger partial charge is 0.326 e. The predicted molar refractivity (Wildman–Crippen MR) is 374 cm³/mol. The summed E-state index contributed by atoms with van der Waals surface area (Å²) in [5.41, 5.74) is 11.0. The van der Waals surface area contributed by atoms with Gasteiger partial charge in [-0.3, -0.25) is 19.4 Å². The number of amides is 2. The van der Waals surface area contributed by atoms with Gasteiger partial charge in [-0.2, -0.15) is 35.3 Å². The Bertz CT molecular complexity index is 3130. The Hall–Kier alpha value is -5.96. The number of carbonyl (C=O) groups excluding carboxylic acids is 2. The number of carboxylic acids is 2. The fraction of sp³-hybridized carbons (Fsp3) is 0.437. The highest BCUT2D eigenvalue weighted by Crippen LogP contribution is 2.32. The Morgan fingerprint density at radius 1 is 0.573 bits per heavy atom. The largest absolute Gasteiger partial charge is 0.480 e. The number of aliphatic carboxylic acids is 2. The molecule has 2 saturated heterocycles. The zero-order valence-electron chi connectivity index (χ0n) is 54.3. The highest BCUT2D eigenvalue weighted by molar-refractivity contribution is 7.98. The van der Waals surface area contributed by atoms with Gasteiger partial charge in [0.2, 0.25) is 0 Å². The molecular weight excluding hydrogens is 1200 g/mol. The molecular formula is C71H98N4O10S4. The van der Waals surface area contributed by atoms with Gasteiger partial charge >= 0.3 is 11.9 Å². The highest BCUT2D eigenvalue weighted by atomic mass is 32.2. The maximum absolute atomic E-state index is 13.4. The van der Waals surface area contributed by atoms with Gasteiger partial charge in [0.1, 0.15) is 21.9 Å². The number of aryl methyl sites for hydroxylation is 2. The first-order chi connectivity index (χ1) is 42.9. The number of nitrogens with zero attached hydrogens (tertiary/aromatic N) is 2. The number of benzene rings is 6. The highest BCUT2D eigenvalue weighted by Gasteiger charge is 2.27. The third kappa shape index (κ3) is 28.8. The van der Waals surface area contributed by atoms with Crippen molar-refractivity contribution in [2.75, 3.05) is 82.4 Å². The van der Waals surface area contributed by atoms with Crippen molar-refractivity contribution in [2.45, 2.75) is 117 Å². The number of sulfone groups is 1. The van der Waals surface area contributed by atoms with Gasteiger partial charge in [0, 0.05) is 43.6 Å². The first-order valence-electron chi connectivity index (χ1n) is 30.4. The number of rotatable bonds is 24. The van der Waals surface area contributed by atoms with Crippen LogP contribution >= 0.6 is 35.3 Å². The fourth-order valence-electron chi connectivity index (χ4n) is 10.0. The van der Waals surface area contributed by atoms with Crippen LogP contribution in [0.3, 0.4) is 0 Å². The normalized spacial score (nSPS) is 14.3. The first-order valence-corrected chi connectivity index (χ1v) is 37.1. The molecule has 3 unspecified atom stereocenters. The Balaban J connectivity index is 0.000000380. The number of likely N-dealkylation sites (tertiary alicyclic amines) is 2. The van der Waals surface area contributed by atoms with Gasteiger partial charge in [0.15, 0.2) is 0 Å². The van der Waals surface area contributed by atoms with Gasteiger partial charge in [0.05, 0.1) is 25.6 Å². The van der Waals surface area contributed by atoms with Crippen LogP contribution in [0, 0.1) is 13.8 Å². The quantitative estimate of drug-likeness (QED) is 0.0447. The SMILES string of the molecule is CC.COCc1ccccc1.CSC.CSC.CSCCC(NC(=O)c1ccc(CN2CCCC2)cc1-c1ccccc1C)C(=O)O.Cc1ccccc1-c1cc(CN2CCCCC2COCc2ccccc2)ccc1C(=O)NC(CCS(C)(=O)=O)C(=O)O. The van der Waals surface area contributed by atoms with Crippen LogP contribution in [-0.2, 0) is 55.2 Å². The second kappa shape index (κ2) is 43.7. The second-order valence-electron chi connectivity index (χ2n) is 21.7. The lowest BCUT2D eigenvalue weighted by molar-refractivity contribution is -0.140. The average molecular weight is 1300 g/mol. The summed E-state index contributed by atoms with van der Waals surface area (Å²) in [6.45, 7) is 14.7. The Morgan fingerprint density at radius 3 is 1.46 bits per heavy atom. The fourth-order valence-corrected chi connectivity index (χ4v) is 11.2. The summed E-state index contributed by atoms with van der Waals surface area (Å²) in [7, 11) is -1.68. The molecule has 8 rings (SSSR count). The Morgan fingerprint density at radius 2 is 1.01 bits per heavy atom. The summed E-state index contributed by atoms with van der Waals surface area (Å²) in [6.07, 6.45) is 17.1. The van der Waals surface area contributed by atoms with E-state index in [2.05, 4.69) is 38.6 Å². The zero-order valence-corrected chi connectivity index (χ0v) is 57.6. The Labute approximate surface area is 545 Å². The second-order valence-corrected chi connectivity index (χ2v) is 26.5. The topological polar surface area (TPSA) is 192 Å². The number of methoxy groups -OCH3 is 1. The van der Waals surface area contributed by atoms with Crippen molar-refractivity contribution in [1.29, 1.82) is 0 Å². The minimum Gasteiger partial charge on any atom is -0.480 e. The van der Waals surface area contributed by atoms with Crippen LogP contribution in [0.4, 0.5) is 0 Å². The van der Waals surface area contributed by atoms with Crippen molar-refractivity contribution in [2.24, 2.45) is 0 Å². The number of carboxylic acid groups (broad SMARTS) is 2. The van der Waals surface area contributed by atoms with Gasteiger partial charge in [-0.25, -0.2) is 18.0 Å². The molecule has 0 bridgehead atoms. The van der Waals surface area contributed by atoms with Crippen molar-refractivity contribution < 1.29 is 47.3 Å². The third-order valence-corrected chi connectivity index (χ3v) is 16.1. The van der Waals surface area contributed by atoms with E-state index in [9.17, 15) is 37.8 Å². The van der Waals surface area contributed by atoms with E-state index in [0.717, 1.165) is 90.6 Å². The summed E-state index contributed by atoms with van der Waals surface area (Å²) in [5, 5.41) is 24.4. The van der Waals surface area contributed by atoms with Gasteiger partial charge in [0.25, 0.3) is 11.8 Å². The summed E-state index contributed by atoms with van der Waals surface area (Å²) in [5.74, 6) is -2.82. The van der Waals surface area contributed by atoms with Crippen LogP contribution in [0.2, 0.25) is 0 Å². The summed E-state index contributed by atoms with van der Waals surface area (Å²) >= 11 is 5.07. The van der Waals surface area contributed by atoms with Crippen molar-refractivity contribution in [3.05, 3.63) is 190 Å². The van der Waals surface area contributed by atoms with Crippen molar-refractivity contribution in [3.63, 3.8) is 0 Å². The van der Waals surface area contributed by atoms with Crippen LogP contribution in [0.5, 0.6) is 0 Å².